The minimum Gasteiger partial charge on any atom is -0.497 e. The van der Waals surface area contributed by atoms with Crippen molar-refractivity contribution < 1.29 is 19.2 Å². The quantitative estimate of drug-likeness (QED) is 0.369. The van der Waals surface area contributed by atoms with Crippen LogP contribution < -0.4 is 10.3 Å². The summed E-state index contributed by atoms with van der Waals surface area (Å²) < 4.78 is 11.2. The van der Waals surface area contributed by atoms with Crippen LogP contribution in [0.2, 0.25) is 0 Å². The van der Waals surface area contributed by atoms with Gasteiger partial charge in [0.2, 0.25) is 0 Å². The van der Waals surface area contributed by atoms with Gasteiger partial charge in [0, 0.05) is 12.6 Å². The predicted octanol–water partition coefficient (Wildman–Crippen LogP) is 2.95. The first-order valence-electron chi connectivity index (χ1n) is 8.48. The number of methoxy groups -OCH3 is 2. The lowest BCUT2D eigenvalue weighted by Crippen LogP contribution is -2.28. The third kappa shape index (κ3) is 3.57. The molecule has 2 aromatic carbocycles. The number of aryl methyl sites for hydroxylation is 2. The van der Waals surface area contributed by atoms with Crippen LogP contribution in [0.4, 0.5) is 5.69 Å². The lowest BCUT2D eigenvalue weighted by atomic mass is 10.1. The highest BCUT2D eigenvalue weighted by molar-refractivity contribution is 5.96. The van der Waals surface area contributed by atoms with Crippen molar-refractivity contribution in [3.05, 3.63) is 80.1 Å². The van der Waals surface area contributed by atoms with Gasteiger partial charge in [0.15, 0.2) is 0 Å². The Morgan fingerprint density at radius 1 is 1.14 bits per heavy atom. The monoisotopic (exact) mass is 382 g/mol. The normalized spacial score (nSPS) is 10.6. The number of hydrogen-bond donors (Lipinski definition) is 0. The summed E-state index contributed by atoms with van der Waals surface area (Å²) in [7, 11) is 2.74. The molecule has 0 atom stereocenters. The number of ether oxygens (including phenoxy) is 2. The smallest absolute Gasteiger partial charge is 0.343 e. The summed E-state index contributed by atoms with van der Waals surface area (Å²) in [5.74, 6) is -0.113. The van der Waals surface area contributed by atoms with E-state index in [-0.39, 0.29) is 23.2 Å². The van der Waals surface area contributed by atoms with Crippen LogP contribution in [0, 0.1) is 10.1 Å². The molecular formula is C20H18N2O6. The molecule has 0 aliphatic rings. The number of nitro benzene ring substituents is 1. The Kier molecular flexibility index (Phi) is 5.39. The Labute approximate surface area is 160 Å². The van der Waals surface area contributed by atoms with E-state index in [0.29, 0.717) is 11.9 Å². The Balaban J connectivity index is 2.11. The molecule has 1 heterocycles. The fourth-order valence-corrected chi connectivity index (χ4v) is 3.06. The van der Waals surface area contributed by atoms with Gasteiger partial charge in [-0.3, -0.25) is 14.9 Å². The van der Waals surface area contributed by atoms with E-state index in [1.807, 2.05) is 24.3 Å². The standard InChI is InChI=1S/C20H18N2O6/c1-27-14-8-6-13(7-9-14)10-11-21-17-4-3-5-18(22(25)26)15(17)12-16(19(21)23)20(24)28-2/h3-9,12H,10-11H2,1-2H3. The average molecular weight is 382 g/mol. The van der Waals surface area contributed by atoms with Gasteiger partial charge >= 0.3 is 5.97 Å². The van der Waals surface area contributed by atoms with Gasteiger partial charge in [0.05, 0.1) is 30.0 Å². The van der Waals surface area contributed by atoms with Crippen molar-refractivity contribution in [2.24, 2.45) is 0 Å². The Bertz CT molecular complexity index is 1100. The van der Waals surface area contributed by atoms with E-state index in [1.54, 1.807) is 13.2 Å². The zero-order chi connectivity index (χ0) is 20.3. The highest BCUT2D eigenvalue weighted by atomic mass is 16.6. The van der Waals surface area contributed by atoms with Gasteiger partial charge in [-0.15, -0.1) is 0 Å². The first-order chi connectivity index (χ1) is 13.5. The SMILES string of the molecule is COC(=O)c1cc2c([N+](=O)[O-])cccc2n(CCc2ccc(OC)cc2)c1=O. The van der Waals surface area contributed by atoms with Gasteiger partial charge < -0.3 is 14.0 Å². The van der Waals surface area contributed by atoms with Gasteiger partial charge in [-0.05, 0) is 36.2 Å². The van der Waals surface area contributed by atoms with Crippen molar-refractivity contribution in [1.29, 1.82) is 0 Å². The lowest BCUT2D eigenvalue weighted by Gasteiger charge is -2.13. The largest absolute Gasteiger partial charge is 0.497 e. The third-order valence-corrected chi connectivity index (χ3v) is 4.50. The van der Waals surface area contributed by atoms with Crippen LogP contribution in [0.25, 0.3) is 10.9 Å². The number of benzene rings is 2. The van der Waals surface area contributed by atoms with Crippen molar-refractivity contribution in [3.8, 4) is 5.75 Å². The molecule has 0 fully saturated rings. The molecule has 3 aromatic rings. The number of carbonyl (C=O) groups is 1. The fourth-order valence-electron chi connectivity index (χ4n) is 3.06. The van der Waals surface area contributed by atoms with Gasteiger partial charge in [-0.25, -0.2) is 4.79 Å². The molecule has 0 aliphatic carbocycles. The van der Waals surface area contributed by atoms with E-state index >= 15 is 0 Å². The maximum Gasteiger partial charge on any atom is 0.343 e. The molecule has 28 heavy (non-hydrogen) atoms. The molecular weight excluding hydrogens is 364 g/mol. The Morgan fingerprint density at radius 3 is 2.46 bits per heavy atom. The van der Waals surface area contributed by atoms with E-state index in [4.69, 9.17) is 4.74 Å². The molecule has 0 unspecified atom stereocenters. The molecule has 0 spiro atoms. The predicted molar refractivity (Wildman–Crippen MR) is 103 cm³/mol. The first-order valence-corrected chi connectivity index (χ1v) is 8.48. The summed E-state index contributed by atoms with van der Waals surface area (Å²) in [5.41, 5.74) is 0.378. The molecule has 8 nitrogen and oxygen atoms in total. The van der Waals surface area contributed by atoms with Gasteiger partial charge in [-0.1, -0.05) is 18.2 Å². The molecule has 3 rings (SSSR count). The summed E-state index contributed by atoms with van der Waals surface area (Å²) in [6.07, 6.45) is 0.492. The maximum absolute atomic E-state index is 12.9. The number of fused-ring (bicyclic) bond motifs is 1. The number of pyridine rings is 1. The van der Waals surface area contributed by atoms with E-state index in [2.05, 4.69) is 4.74 Å². The van der Waals surface area contributed by atoms with Crippen LogP contribution in [0.15, 0.2) is 53.3 Å². The minimum atomic E-state index is -0.830. The number of nitrogens with zero attached hydrogens (tertiary/aromatic N) is 2. The second-order valence-corrected chi connectivity index (χ2v) is 6.07. The summed E-state index contributed by atoms with van der Waals surface area (Å²) in [4.78, 5) is 35.7. The molecule has 144 valence electrons. The lowest BCUT2D eigenvalue weighted by molar-refractivity contribution is -0.383. The van der Waals surface area contributed by atoms with Crippen molar-refractivity contribution in [2.75, 3.05) is 14.2 Å². The van der Waals surface area contributed by atoms with E-state index < -0.39 is 16.5 Å². The molecule has 0 aliphatic heterocycles. The van der Waals surface area contributed by atoms with E-state index in [9.17, 15) is 19.7 Å². The summed E-state index contributed by atoms with van der Waals surface area (Å²) >= 11 is 0. The van der Waals surface area contributed by atoms with E-state index in [1.165, 1.54) is 22.8 Å². The van der Waals surface area contributed by atoms with Crippen molar-refractivity contribution in [1.82, 2.24) is 4.57 Å². The van der Waals surface area contributed by atoms with Crippen LogP contribution in [0.3, 0.4) is 0 Å². The zero-order valence-corrected chi connectivity index (χ0v) is 15.4. The number of non-ortho nitro benzene ring substituents is 1. The maximum atomic E-state index is 12.9. The van der Waals surface area contributed by atoms with Crippen molar-refractivity contribution in [3.63, 3.8) is 0 Å². The molecule has 0 saturated carbocycles. The second kappa shape index (κ2) is 7.91. The Morgan fingerprint density at radius 2 is 1.86 bits per heavy atom. The third-order valence-electron chi connectivity index (χ3n) is 4.50. The Hall–Kier alpha value is -3.68. The summed E-state index contributed by atoms with van der Waals surface area (Å²) in [6, 6.07) is 13.1. The number of nitro groups is 1. The molecule has 0 bridgehead atoms. The average Bonchev–Trinajstić information content (AvgIpc) is 2.71. The molecule has 0 radical (unpaired) electrons. The van der Waals surface area contributed by atoms with Crippen molar-refractivity contribution >= 4 is 22.6 Å². The summed E-state index contributed by atoms with van der Waals surface area (Å²) in [6.45, 7) is 0.244. The molecule has 0 amide bonds. The molecule has 0 N–H and O–H groups in total. The topological polar surface area (TPSA) is 101 Å². The number of esters is 1. The zero-order valence-electron chi connectivity index (χ0n) is 15.4. The molecule has 0 saturated heterocycles. The van der Waals surface area contributed by atoms with Crippen LogP contribution in [-0.4, -0.2) is 29.7 Å². The fraction of sp³-hybridized carbons (Fsp3) is 0.200. The summed E-state index contributed by atoms with van der Waals surface area (Å²) in [5, 5.41) is 11.6. The molecule has 8 heteroatoms. The first kappa shape index (κ1) is 19.1. The van der Waals surface area contributed by atoms with Crippen LogP contribution in [-0.2, 0) is 17.7 Å². The number of carbonyl (C=O) groups excluding carboxylic acids is 1. The highest BCUT2D eigenvalue weighted by Gasteiger charge is 2.21. The van der Waals surface area contributed by atoms with E-state index in [0.717, 1.165) is 18.4 Å². The van der Waals surface area contributed by atoms with Gasteiger partial charge in [0.1, 0.15) is 11.3 Å². The number of rotatable bonds is 6. The highest BCUT2D eigenvalue weighted by Crippen LogP contribution is 2.25. The van der Waals surface area contributed by atoms with Crippen LogP contribution >= 0.6 is 0 Å². The minimum absolute atomic E-state index is 0.180. The van der Waals surface area contributed by atoms with Gasteiger partial charge in [-0.2, -0.15) is 0 Å². The van der Waals surface area contributed by atoms with Crippen LogP contribution in [0.1, 0.15) is 15.9 Å². The van der Waals surface area contributed by atoms with Crippen molar-refractivity contribution in [2.45, 2.75) is 13.0 Å². The molecule has 1 aromatic heterocycles. The second-order valence-electron chi connectivity index (χ2n) is 6.07. The number of hydrogen-bond acceptors (Lipinski definition) is 6. The van der Waals surface area contributed by atoms with Gasteiger partial charge in [0.25, 0.3) is 11.2 Å². The number of aromatic nitrogens is 1. The van der Waals surface area contributed by atoms with Crippen LogP contribution in [0.5, 0.6) is 5.75 Å².